The highest BCUT2D eigenvalue weighted by Gasteiger charge is 2.60. The van der Waals surface area contributed by atoms with Crippen molar-refractivity contribution in [3.63, 3.8) is 0 Å². The molecule has 0 radical (unpaired) electrons. The van der Waals surface area contributed by atoms with Crippen LogP contribution in [0.5, 0.6) is 0 Å². The molecule has 1 aliphatic heterocycles. The standard InChI is InChI=1S/C45H51N5O9SSi/c1-30(2)40(52)48-43-47-39-36(41(53)49-43)46-29-50(39)42-37(51)38(56-26-32-16-10-7-11-17-32)45(59-42,27-57-60(54,55)33-24-22-31(3)23-25-33)28-58-61(44(4,5)6,34-18-12-8-13-19-34)35-20-14-9-15-21-35/h7-25,29-30,37-38,42,51H,26-28H2,1-6H3,(H2,47,48,49,52,53)/t37?,38?,42-,45-/m1/s1. The number of ether oxygens (including phenoxy) is 2. The third kappa shape index (κ3) is 8.88. The maximum absolute atomic E-state index is 14.0. The molecule has 7 rings (SSSR count). The van der Waals surface area contributed by atoms with Gasteiger partial charge in [0, 0.05) is 5.92 Å². The number of aromatic amines is 1. The molecule has 0 bridgehead atoms. The van der Waals surface area contributed by atoms with E-state index in [9.17, 15) is 23.1 Å². The number of rotatable bonds is 15. The summed E-state index contributed by atoms with van der Waals surface area (Å²) < 4.78 is 56.3. The van der Waals surface area contributed by atoms with Crippen molar-refractivity contribution >= 4 is 51.8 Å². The first kappa shape index (κ1) is 43.7. The van der Waals surface area contributed by atoms with Crippen LogP contribution in [0.1, 0.15) is 52.0 Å². The number of aromatic nitrogens is 4. The third-order valence-corrected chi connectivity index (χ3v) is 17.2. The van der Waals surface area contributed by atoms with Gasteiger partial charge in [-0.05, 0) is 40.0 Å². The molecule has 3 heterocycles. The van der Waals surface area contributed by atoms with E-state index in [0.29, 0.717) is 0 Å². The summed E-state index contributed by atoms with van der Waals surface area (Å²) in [4.78, 5) is 37.3. The number of hydrogen-bond acceptors (Lipinski definition) is 11. The smallest absolute Gasteiger partial charge is 0.297 e. The zero-order valence-corrected chi connectivity index (χ0v) is 36.8. The summed E-state index contributed by atoms with van der Waals surface area (Å²) >= 11 is 0. The fourth-order valence-electron chi connectivity index (χ4n) is 7.72. The number of benzene rings is 4. The molecule has 320 valence electrons. The van der Waals surface area contributed by atoms with Gasteiger partial charge in [-0.15, -0.1) is 0 Å². The Morgan fingerprint density at radius 3 is 2.10 bits per heavy atom. The molecule has 0 aliphatic carbocycles. The second kappa shape index (κ2) is 17.6. The number of aliphatic hydroxyl groups excluding tert-OH is 1. The first-order valence-corrected chi connectivity index (χ1v) is 23.4. The van der Waals surface area contributed by atoms with E-state index in [2.05, 4.69) is 41.0 Å². The SMILES string of the molecule is Cc1ccc(S(=O)(=O)OC[C@]2(CO[Si](c3ccccc3)(c3ccccc3)C(C)(C)C)O[C@@H](n3cnc4c(=O)[nH]c(NC(=O)C(C)C)nc43)C(O)C2OCc2ccccc2)cc1. The van der Waals surface area contributed by atoms with Crippen LogP contribution in [0, 0.1) is 12.8 Å². The fourth-order valence-corrected chi connectivity index (χ4v) is 13.3. The Hall–Kier alpha value is -5.33. The summed E-state index contributed by atoms with van der Waals surface area (Å²) in [5, 5.41) is 16.5. The number of nitrogens with one attached hydrogen (secondary N) is 2. The van der Waals surface area contributed by atoms with Gasteiger partial charge in [-0.3, -0.25) is 28.6 Å². The minimum Gasteiger partial charge on any atom is -0.404 e. The number of aliphatic hydroxyl groups is 1. The van der Waals surface area contributed by atoms with Crippen molar-refractivity contribution in [2.24, 2.45) is 5.92 Å². The van der Waals surface area contributed by atoms with Gasteiger partial charge in [0.05, 0.1) is 24.4 Å². The Morgan fingerprint density at radius 2 is 1.52 bits per heavy atom. The van der Waals surface area contributed by atoms with Crippen LogP contribution in [-0.2, 0) is 39.6 Å². The molecule has 0 saturated carbocycles. The van der Waals surface area contributed by atoms with E-state index < -0.39 is 65.6 Å². The Kier molecular flexibility index (Phi) is 12.6. The second-order valence-corrected chi connectivity index (χ2v) is 22.6. The summed E-state index contributed by atoms with van der Waals surface area (Å²) in [7, 11) is -7.77. The molecule has 1 fully saturated rings. The highest BCUT2D eigenvalue weighted by Crippen LogP contribution is 2.44. The van der Waals surface area contributed by atoms with E-state index >= 15 is 0 Å². The number of fused-ring (bicyclic) bond motifs is 1. The van der Waals surface area contributed by atoms with Gasteiger partial charge >= 0.3 is 0 Å². The number of anilines is 1. The quantitative estimate of drug-likeness (QED) is 0.0909. The van der Waals surface area contributed by atoms with Crippen LogP contribution in [0.25, 0.3) is 11.2 Å². The average molecular weight is 866 g/mol. The van der Waals surface area contributed by atoms with Crippen molar-refractivity contribution in [3.8, 4) is 0 Å². The lowest BCUT2D eigenvalue weighted by molar-refractivity contribution is -0.155. The van der Waals surface area contributed by atoms with E-state index in [1.165, 1.54) is 23.0 Å². The Balaban J connectivity index is 1.39. The van der Waals surface area contributed by atoms with Crippen LogP contribution in [-0.4, -0.2) is 78.3 Å². The zero-order chi connectivity index (χ0) is 43.6. The zero-order valence-electron chi connectivity index (χ0n) is 34.9. The van der Waals surface area contributed by atoms with E-state index in [1.54, 1.807) is 26.0 Å². The summed E-state index contributed by atoms with van der Waals surface area (Å²) in [5.41, 5.74) is -0.928. The van der Waals surface area contributed by atoms with Gasteiger partial charge in [0.25, 0.3) is 24.0 Å². The number of aryl methyl sites for hydroxylation is 1. The predicted octanol–water partition coefficient (Wildman–Crippen LogP) is 5.22. The van der Waals surface area contributed by atoms with E-state index in [0.717, 1.165) is 21.5 Å². The topological polar surface area (TPSA) is 184 Å². The third-order valence-electron chi connectivity index (χ3n) is 10.9. The highest BCUT2D eigenvalue weighted by molar-refractivity contribution is 7.86. The minimum atomic E-state index is -4.41. The lowest BCUT2D eigenvalue weighted by Gasteiger charge is -2.45. The van der Waals surface area contributed by atoms with Crippen LogP contribution >= 0.6 is 0 Å². The van der Waals surface area contributed by atoms with Crippen molar-refractivity contribution in [3.05, 3.63) is 143 Å². The van der Waals surface area contributed by atoms with Crippen LogP contribution in [0.2, 0.25) is 5.04 Å². The molecule has 1 saturated heterocycles. The van der Waals surface area contributed by atoms with Crippen LogP contribution in [0.15, 0.2) is 131 Å². The first-order valence-electron chi connectivity index (χ1n) is 20.0. The molecule has 3 N–H and O–H groups in total. The van der Waals surface area contributed by atoms with Gasteiger partial charge in [0.2, 0.25) is 11.9 Å². The van der Waals surface area contributed by atoms with Gasteiger partial charge in [-0.2, -0.15) is 13.4 Å². The Morgan fingerprint density at radius 1 is 0.934 bits per heavy atom. The molecule has 6 aromatic rings. The minimum absolute atomic E-state index is 0.00169. The molecule has 0 spiro atoms. The van der Waals surface area contributed by atoms with E-state index in [1.807, 2.05) is 97.9 Å². The van der Waals surface area contributed by atoms with Crippen LogP contribution in [0.4, 0.5) is 5.95 Å². The summed E-state index contributed by atoms with van der Waals surface area (Å²) in [5.74, 6) is -0.927. The molecular weight excluding hydrogens is 815 g/mol. The van der Waals surface area contributed by atoms with E-state index in [4.69, 9.17) is 18.1 Å². The van der Waals surface area contributed by atoms with Crippen molar-refractivity contribution in [1.82, 2.24) is 19.5 Å². The number of carbonyl (C=O) groups excluding carboxylic acids is 1. The fraction of sp³-hybridized carbons (Fsp3) is 0.333. The van der Waals surface area contributed by atoms with Gasteiger partial charge in [0.15, 0.2) is 17.4 Å². The maximum Gasteiger partial charge on any atom is 0.297 e. The molecule has 14 nitrogen and oxygen atoms in total. The lowest BCUT2D eigenvalue weighted by Crippen LogP contribution is -2.68. The van der Waals surface area contributed by atoms with Crippen LogP contribution in [0.3, 0.4) is 0 Å². The molecule has 1 amide bonds. The number of nitrogens with zero attached hydrogens (tertiary/aromatic N) is 3. The molecule has 4 atom stereocenters. The Bertz CT molecular complexity index is 2580. The number of hydrogen-bond donors (Lipinski definition) is 3. The van der Waals surface area contributed by atoms with Gasteiger partial charge in [0.1, 0.15) is 24.4 Å². The second-order valence-electron chi connectivity index (χ2n) is 16.6. The monoisotopic (exact) mass is 865 g/mol. The number of H-pyrrole nitrogens is 1. The molecule has 16 heteroatoms. The Labute approximate surface area is 356 Å². The molecule has 2 aromatic heterocycles. The maximum atomic E-state index is 14.0. The van der Waals surface area contributed by atoms with Crippen LogP contribution < -0.4 is 21.2 Å². The van der Waals surface area contributed by atoms with Crippen molar-refractivity contribution in [2.45, 2.75) is 82.1 Å². The summed E-state index contributed by atoms with van der Waals surface area (Å²) in [6.45, 7) is 10.6. The molecule has 2 unspecified atom stereocenters. The molecule has 61 heavy (non-hydrogen) atoms. The molecule has 4 aromatic carbocycles. The predicted molar refractivity (Wildman–Crippen MR) is 233 cm³/mol. The summed E-state index contributed by atoms with van der Waals surface area (Å²) in [6.07, 6.45) is -2.92. The number of imidazole rings is 1. The van der Waals surface area contributed by atoms with E-state index in [-0.39, 0.29) is 41.1 Å². The average Bonchev–Trinajstić information content (AvgIpc) is 3.78. The van der Waals surface area contributed by atoms with Crippen molar-refractivity contribution in [1.29, 1.82) is 0 Å². The summed E-state index contributed by atoms with van der Waals surface area (Å²) in [6, 6.07) is 35.4. The normalized spacial score (nSPS) is 19.7. The molecule has 1 aliphatic rings. The van der Waals surface area contributed by atoms with Gasteiger partial charge in [-0.1, -0.05) is 143 Å². The highest BCUT2D eigenvalue weighted by atomic mass is 32.2. The number of carbonyl (C=O) groups is 1. The van der Waals surface area contributed by atoms with Gasteiger partial charge < -0.3 is 19.0 Å². The molecular formula is C45H51N5O9SSi. The first-order chi connectivity index (χ1) is 29.0. The number of amides is 1. The largest absolute Gasteiger partial charge is 0.404 e. The van der Waals surface area contributed by atoms with Crippen molar-refractivity contribution < 1.29 is 36.4 Å². The lowest BCUT2D eigenvalue weighted by atomic mass is 9.96. The van der Waals surface area contributed by atoms with Crippen molar-refractivity contribution in [2.75, 3.05) is 18.5 Å². The van der Waals surface area contributed by atoms with Gasteiger partial charge in [-0.25, -0.2) is 4.98 Å².